The van der Waals surface area contributed by atoms with Crippen LogP contribution in [0.4, 0.5) is 0 Å². The van der Waals surface area contributed by atoms with E-state index in [4.69, 9.17) is 0 Å². The van der Waals surface area contributed by atoms with Crippen LogP contribution >= 0.6 is 11.3 Å². The third-order valence-corrected chi connectivity index (χ3v) is 4.73. The van der Waals surface area contributed by atoms with Gasteiger partial charge in [0.25, 0.3) is 5.91 Å². The highest BCUT2D eigenvalue weighted by Gasteiger charge is 2.22. The highest BCUT2D eigenvalue weighted by atomic mass is 32.1. The van der Waals surface area contributed by atoms with E-state index in [0.717, 1.165) is 35.7 Å². The number of hydrogen-bond acceptors (Lipinski definition) is 4. The molecule has 1 atom stereocenters. The number of aromatic nitrogens is 2. The van der Waals surface area contributed by atoms with Crippen molar-refractivity contribution in [1.82, 2.24) is 14.9 Å². The van der Waals surface area contributed by atoms with Crippen molar-refractivity contribution >= 4 is 17.2 Å². The first-order valence-corrected chi connectivity index (χ1v) is 7.58. The van der Waals surface area contributed by atoms with Gasteiger partial charge in [-0.25, -0.2) is 4.98 Å². The first-order valence-electron chi connectivity index (χ1n) is 6.71. The van der Waals surface area contributed by atoms with Crippen molar-refractivity contribution in [3.05, 3.63) is 39.6 Å². The summed E-state index contributed by atoms with van der Waals surface area (Å²) in [4.78, 5) is 17.6. The van der Waals surface area contributed by atoms with E-state index in [0.29, 0.717) is 5.69 Å². The minimum absolute atomic E-state index is 0.110. The first kappa shape index (κ1) is 13.3. The average Bonchev–Trinajstić information content (AvgIpc) is 3.10. The van der Waals surface area contributed by atoms with Crippen molar-refractivity contribution in [3.8, 4) is 0 Å². The Morgan fingerprint density at radius 2 is 2.50 bits per heavy atom. The lowest BCUT2D eigenvalue weighted by molar-refractivity contribution is 0.0912. The molecule has 1 aliphatic heterocycles. The topological polar surface area (TPSA) is 67.2 Å². The third-order valence-electron chi connectivity index (χ3n) is 3.60. The summed E-state index contributed by atoms with van der Waals surface area (Å²) in [7, 11) is 0. The summed E-state index contributed by atoms with van der Waals surface area (Å²) in [6.07, 6.45) is 3.83. The maximum absolute atomic E-state index is 12.2. The molecule has 2 aromatic heterocycles. The summed E-state index contributed by atoms with van der Waals surface area (Å²) in [6, 6.07) is 1.62. The maximum atomic E-state index is 12.2. The number of carbonyl (C=O) groups is 1. The van der Waals surface area contributed by atoms with Crippen LogP contribution in [0.15, 0.2) is 17.6 Å². The number of amides is 1. The smallest absolute Gasteiger partial charge is 0.272 e. The normalized spacial score (nSPS) is 15.1. The Kier molecular flexibility index (Phi) is 3.58. The number of aliphatic hydroxyl groups is 1. The van der Waals surface area contributed by atoms with Gasteiger partial charge in [-0.2, -0.15) is 0 Å². The Bertz CT molecular complexity index is 611. The fourth-order valence-electron chi connectivity index (χ4n) is 2.53. The number of nitrogens with one attached hydrogen (secondary N) is 1. The minimum Gasteiger partial charge on any atom is -0.394 e. The molecule has 3 heterocycles. The van der Waals surface area contributed by atoms with Gasteiger partial charge in [0.1, 0.15) is 11.5 Å². The van der Waals surface area contributed by atoms with E-state index in [1.807, 2.05) is 22.9 Å². The molecule has 0 aromatic carbocycles. The van der Waals surface area contributed by atoms with E-state index < -0.39 is 0 Å². The van der Waals surface area contributed by atoms with E-state index >= 15 is 0 Å². The Morgan fingerprint density at radius 1 is 1.65 bits per heavy atom. The van der Waals surface area contributed by atoms with Gasteiger partial charge in [-0.05, 0) is 30.4 Å². The molecular formula is C14H17N3O2S. The van der Waals surface area contributed by atoms with Crippen molar-refractivity contribution in [2.45, 2.75) is 32.4 Å². The standard InChI is InChI=1S/C14H17N3O2S/c1-9-4-6-20-13(9)11(8-18)16-14(19)10-7-17-5-2-3-12(17)15-10/h4,6-7,11,18H,2-3,5,8H2,1H3,(H,16,19). The quantitative estimate of drug-likeness (QED) is 0.900. The molecule has 2 aromatic rings. The molecule has 0 saturated heterocycles. The third kappa shape index (κ3) is 2.36. The van der Waals surface area contributed by atoms with Crippen LogP contribution in [0.25, 0.3) is 0 Å². The number of nitrogens with zero attached hydrogens (tertiary/aromatic N) is 2. The summed E-state index contributed by atoms with van der Waals surface area (Å²) in [5, 5.41) is 14.3. The number of thiophene rings is 1. The van der Waals surface area contributed by atoms with Crippen LogP contribution < -0.4 is 5.32 Å². The van der Waals surface area contributed by atoms with Gasteiger partial charge < -0.3 is 15.0 Å². The van der Waals surface area contributed by atoms with E-state index in [1.54, 1.807) is 17.5 Å². The van der Waals surface area contributed by atoms with E-state index in [2.05, 4.69) is 10.3 Å². The summed E-state index contributed by atoms with van der Waals surface area (Å²) in [5.74, 6) is 0.752. The lowest BCUT2D eigenvalue weighted by atomic mass is 10.1. The van der Waals surface area contributed by atoms with Gasteiger partial charge in [0, 0.05) is 24.0 Å². The van der Waals surface area contributed by atoms with E-state index in [1.165, 1.54) is 0 Å². The van der Waals surface area contributed by atoms with Gasteiger partial charge >= 0.3 is 0 Å². The second-order valence-electron chi connectivity index (χ2n) is 5.02. The van der Waals surface area contributed by atoms with Crippen LogP contribution in [0.5, 0.6) is 0 Å². The molecule has 0 radical (unpaired) electrons. The number of rotatable bonds is 4. The summed E-state index contributed by atoms with van der Waals surface area (Å²) < 4.78 is 2.03. The van der Waals surface area contributed by atoms with Crippen molar-refractivity contribution in [3.63, 3.8) is 0 Å². The Hall–Kier alpha value is -1.66. The van der Waals surface area contributed by atoms with Crippen LogP contribution in [0, 0.1) is 6.92 Å². The molecule has 0 fully saturated rings. The SMILES string of the molecule is Cc1ccsc1C(CO)NC(=O)c1cn2c(n1)CCC2. The molecule has 1 unspecified atom stereocenters. The van der Waals surface area contributed by atoms with Crippen LogP contribution in [-0.2, 0) is 13.0 Å². The molecule has 20 heavy (non-hydrogen) atoms. The Labute approximate surface area is 121 Å². The van der Waals surface area contributed by atoms with Crippen LogP contribution in [-0.4, -0.2) is 27.2 Å². The molecular weight excluding hydrogens is 274 g/mol. The van der Waals surface area contributed by atoms with Crippen molar-refractivity contribution in [1.29, 1.82) is 0 Å². The lowest BCUT2D eigenvalue weighted by Gasteiger charge is -2.15. The van der Waals surface area contributed by atoms with Crippen LogP contribution in [0.2, 0.25) is 0 Å². The predicted molar refractivity (Wildman–Crippen MR) is 76.9 cm³/mol. The molecule has 0 bridgehead atoms. The van der Waals surface area contributed by atoms with Gasteiger partial charge in [-0.3, -0.25) is 4.79 Å². The van der Waals surface area contributed by atoms with Gasteiger partial charge in [0.15, 0.2) is 0 Å². The maximum Gasteiger partial charge on any atom is 0.272 e. The number of fused-ring (bicyclic) bond motifs is 1. The van der Waals surface area contributed by atoms with E-state index in [-0.39, 0.29) is 18.6 Å². The fourth-order valence-corrected chi connectivity index (χ4v) is 3.50. The Morgan fingerprint density at radius 3 is 3.15 bits per heavy atom. The molecule has 3 rings (SSSR count). The molecule has 106 valence electrons. The predicted octanol–water partition coefficient (Wildman–Crippen LogP) is 1.66. The highest BCUT2D eigenvalue weighted by Crippen LogP contribution is 2.24. The fraction of sp³-hybridized carbons (Fsp3) is 0.429. The van der Waals surface area contributed by atoms with Gasteiger partial charge in [-0.15, -0.1) is 11.3 Å². The lowest BCUT2D eigenvalue weighted by Crippen LogP contribution is -2.31. The van der Waals surface area contributed by atoms with Crippen molar-refractivity contribution in [2.75, 3.05) is 6.61 Å². The molecule has 0 saturated carbocycles. The van der Waals surface area contributed by atoms with Crippen LogP contribution in [0.1, 0.15) is 39.2 Å². The van der Waals surface area contributed by atoms with Crippen molar-refractivity contribution in [2.24, 2.45) is 0 Å². The molecule has 0 aliphatic carbocycles. The zero-order valence-electron chi connectivity index (χ0n) is 11.3. The zero-order chi connectivity index (χ0) is 14.1. The monoisotopic (exact) mass is 291 g/mol. The van der Waals surface area contributed by atoms with Gasteiger partial charge in [-0.1, -0.05) is 0 Å². The van der Waals surface area contributed by atoms with Crippen molar-refractivity contribution < 1.29 is 9.90 Å². The number of aliphatic hydroxyl groups excluding tert-OH is 1. The summed E-state index contributed by atoms with van der Waals surface area (Å²) in [5.41, 5.74) is 1.52. The number of aryl methyl sites for hydroxylation is 3. The first-order chi connectivity index (χ1) is 9.69. The number of imidazole rings is 1. The molecule has 1 aliphatic rings. The highest BCUT2D eigenvalue weighted by molar-refractivity contribution is 7.10. The number of carbonyl (C=O) groups excluding carboxylic acids is 1. The second kappa shape index (κ2) is 5.38. The van der Waals surface area contributed by atoms with Gasteiger partial charge in [0.2, 0.25) is 0 Å². The second-order valence-corrected chi connectivity index (χ2v) is 5.96. The average molecular weight is 291 g/mol. The zero-order valence-corrected chi connectivity index (χ0v) is 12.1. The molecule has 5 nitrogen and oxygen atoms in total. The van der Waals surface area contributed by atoms with Gasteiger partial charge in [0.05, 0.1) is 12.6 Å². The molecule has 2 N–H and O–H groups in total. The summed E-state index contributed by atoms with van der Waals surface area (Å²) in [6.45, 7) is 2.80. The molecule has 0 spiro atoms. The molecule has 1 amide bonds. The minimum atomic E-state index is -0.362. The molecule has 6 heteroatoms. The number of hydrogen-bond donors (Lipinski definition) is 2. The largest absolute Gasteiger partial charge is 0.394 e. The van der Waals surface area contributed by atoms with E-state index in [9.17, 15) is 9.90 Å². The Balaban J connectivity index is 1.75. The summed E-state index contributed by atoms with van der Waals surface area (Å²) >= 11 is 1.54. The van der Waals surface area contributed by atoms with Crippen LogP contribution in [0.3, 0.4) is 0 Å².